The Morgan fingerprint density at radius 3 is 2.29 bits per heavy atom. The average molecular weight is 347 g/mol. The van der Waals surface area contributed by atoms with E-state index in [4.69, 9.17) is 5.14 Å². The first-order valence-corrected chi connectivity index (χ1v) is 9.07. The van der Waals surface area contributed by atoms with Crippen LogP contribution in [0.3, 0.4) is 0 Å². The summed E-state index contributed by atoms with van der Waals surface area (Å²) in [5, 5.41) is 10.9. The quantitative estimate of drug-likeness (QED) is 0.747. The van der Waals surface area contributed by atoms with Gasteiger partial charge in [0.2, 0.25) is 15.9 Å². The van der Waals surface area contributed by atoms with E-state index in [1.807, 2.05) is 24.3 Å². The van der Waals surface area contributed by atoms with Crippen molar-refractivity contribution in [3.63, 3.8) is 0 Å². The van der Waals surface area contributed by atoms with Crippen LogP contribution >= 0.6 is 0 Å². The highest BCUT2D eigenvalue weighted by Gasteiger charge is 2.09. The van der Waals surface area contributed by atoms with Gasteiger partial charge in [-0.15, -0.1) is 0 Å². The van der Waals surface area contributed by atoms with Gasteiger partial charge in [0.15, 0.2) is 0 Å². The molecule has 0 aliphatic heterocycles. The molecule has 4 N–H and O–H groups in total. The standard InChI is InChI=1S/C17H21N3O3S/c1-12(2)15-5-3-4-6-16(15)19-11-17(21)20-13-7-9-14(10-8-13)24(18,22)23/h3-10,12,19H,11H2,1-2H3,(H,20,21)(H2,18,22,23). The topological polar surface area (TPSA) is 101 Å². The van der Waals surface area contributed by atoms with Gasteiger partial charge in [-0.2, -0.15) is 0 Å². The van der Waals surface area contributed by atoms with Crippen molar-refractivity contribution >= 4 is 27.3 Å². The molecule has 0 bridgehead atoms. The van der Waals surface area contributed by atoms with E-state index in [1.165, 1.54) is 24.3 Å². The normalized spacial score (nSPS) is 11.3. The molecule has 1 amide bonds. The van der Waals surface area contributed by atoms with Crippen LogP contribution in [0.1, 0.15) is 25.3 Å². The SMILES string of the molecule is CC(C)c1ccccc1NCC(=O)Nc1ccc(S(N)(=O)=O)cc1. The zero-order valence-corrected chi connectivity index (χ0v) is 14.4. The second-order valence-electron chi connectivity index (χ2n) is 5.71. The third kappa shape index (κ3) is 4.81. The summed E-state index contributed by atoms with van der Waals surface area (Å²) < 4.78 is 22.4. The largest absolute Gasteiger partial charge is 0.376 e. The predicted molar refractivity (Wildman–Crippen MR) is 95.5 cm³/mol. The van der Waals surface area contributed by atoms with E-state index in [1.54, 1.807) is 0 Å². The van der Waals surface area contributed by atoms with Crippen LogP contribution in [-0.2, 0) is 14.8 Å². The molecular formula is C17H21N3O3S. The number of primary sulfonamides is 1. The lowest BCUT2D eigenvalue weighted by Crippen LogP contribution is -2.22. The van der Waals surface area contributed by atoms with E-state index in [0.717, 1.165) is 11.3 Å². The van der Waals surface area contributed by atoms with Gasteiger partial charge in [-0.1, -0.05) is 32.0 Å². The van der Waals surface area contributed by atoms with Crippen molar-refractivity contribution in [2.75, 3.05) is 17.2 Å². The van der Waals surface area contributed by atoms with Crippen molar-refractivity contribution < 1.29 is 13.2 Å². The van der Waals surface area contributed by atoms with Crippen molar-refractivity contribution in [1.29, 1.82) is 0 Å². The Labute approximate surface area is 142 Å². The van der Waals surface area contributed by atoms with E-state index in [0.29, 0.717) is 11.6 Å². The van der Waals surface area contributed by atoms with E-state index in [-0.39, 0.29) is 17.3 Å². The molecule has 0 aromatic heterocycles. The van der Waals surface area contributed by atoms with E-state index < -0.39 is 10.0 Å². The Kier molecular flexibility index (Phi) is 5.58. The van der Waals surface area contributed by atoms with Crippen LogP contribution in [-0.4, -0.2) is 20.9 Å². The lowest BCUT2D eigenvalue weighted by Gasteiger charge is -2.14. The number of rotatable bonds is 6. The number of sulfonamides is 1. The first kappa shape index (κ1) is 18.0. The fraction of sp³-hybridized carbons (Fsp3) is 0.235. The summed E-state index contributed by atoms with van der Waals surface area (Å²) >= 11 is 0. The summed E-state index contributed by atoms with van der Waals surface area (Å²) in [4.78, 5) is 12.0. The molecule has 2 aromatic carbocycles. The number of carbonyl (C=O) groups is 1. The molecule has 6 nitrogen and oxygen atoms in total. The molecule has 0 atom stereocenters. The molecular weight excluding hydrogens is 326 g/mol. The van der Waals surface area contributed by atoms with Crippen molar-refractivity contribution in [2.45, 2.75) is 24.7 Å². The second kappa shape index (κ2) is 7.46. The van der Waals surface area contributed by atoms with Gasteiger partial charge in [0.1, 0.15) is 0 Å². The molecule has 0 fully saturated rings. The first-order valence-electron chi connectivity index (χ1n) is 7.53. The zero-order chi connectivity index (χ0) is 17.7. The summed E-state index contributed by atoms with van der Waals surface area (Å²) in [5.41, 5.74) is 2.57. The van der Waals surface area contributed by atoms with E-state index in [2.05, 4.69) is 24.5 Å². The van der Waals surface area contributed by atoms with Gasteiger partial charge >= 0.3 is 0 Å². The van der Waals surface area contributed by atoms with Crippen molar-refractivity contribution in [1.82, 2.24) is 0 Å². The molecule has 128 valence electrons. The van der Waals surface area contributed by atoms with Crippen molar-refractivity contribution in [2.24, 2.45) is 5.14 Å². The van der Waals surface area contributed by atoms with Gasteiger partial charge in [0, 0.05) is 11.4 Å². The lowest BCUT2D eigenvalue weighted by molar-refractivity contribution is -0.114. The fourth-order valence-corrected chi connectivity index (χ4v) is 2.79. The summed E-state index contributed by atoms with van der Waals surface area (Å²) in [6.07, 6.45) is 0. The summed E-state index contributed by atoms with van der Waals surface area (Å²) in [6.45, 7) is 4.29. The third-order valence-electron chi connectivity index (χ3n) is 3.49. The molecule has 2 rings (SSSR count). The molecule has 0 aliphatic rings. The van der Waals surface area contributed by atoms with Crippen LogP contribution in [0.4, 0.5) is 11.4 Å². The summed E-state index contributed by atoms with van der Waals surface area (Å²) in [5.74, 6) is 0.124. The van der Waals surface area contributed by atoms with Crippen LogP contribution in [0.25, 0.3) is 0 Å². The monoisotopic (exact) mass is 347 g/mol. The number of hydrogen-bond donors (Lipinski definition) is 3. The number of para-hydroxylation sites is 1. The Hall–Kier alpha value is -2.38. The number of nitrogens with one attached hydrogen (secondary N) is 2. The Balaban J connectivity index is 1.97. The van der Waals surface area contributed by atoms with E-state index in [9.17, 15) is 13.2 Å². The van der Waals surface area contributed by atoms with Crippen LogP contribution in [0.15, 0.2) is 53.4 Å². The minimum absolute atomic E-state index is 0.00415. The molecule has 0 radical (unpaired) electrons. The minimum atomic E-state index is -3.73. The molecule has 24 heavy (non-hydrogen) atoms. The number of anilines is 2. The Morgan fingerprint density at radius 1 is 1.08 bits per heavy atom. The molecule has 0 spiro atoms. The van der Waals surface area contributed by atoms with Crippen LogP contribution < -0.4 is 15.8 Å². The third-order valence-corrected chi connectivity index (χ3v) is 4.42. The maximum absolute atomic E-state index is 12.0. The van der Waals surface area contributed by atoms with Crippen molar-refractivity contribution in [3.05, 3.63) is 54.1 Å². The van der Waals surface area contributed by atoms with Crippen molar-refractivity contribution in [3.8, 4) is 0 Å². The molecule has 0 heterocycles. The molecule has 0 unspecified atom stereocenters. The van der Waals surface area contributed by atoms with Gasteiger partial charge in [-0.05, 0) is 41.8 Å². The number of carbonyl (C=O) groups excluding carboxylic acids is 1. The highest BCUT2D eigenvalue weighted by atomic mass is 32.2. The predicted octanol–water partition coefficient (Wildman–Crippen LogP) is 2.51. The Bertz CT molecular complexity index is 815. The summed E-state index contributed by atoms with van der Waals surface area (Å²) in [7, 11) is -3.73. The maximum atomic E-state index is 12.0. The number of benzene rings is 2. The Morgan fingerprint density at radius 2 is 1.71 bits per heavy atom. The molecule has 2 aromatic rings. The number of amides is 1. The first-order chi connectivity index (χ1) is 11.3. The molecule has 0 saturated heterocycles. The molecule has 0 saturated carbocycles. The summed E-state index contributed by atoms with van der Waals surface area (Å²) in [6, 6.07) is 13.5. The second-order valence-corrected chi connectivity index (χ2v) is 7.27. The van der Waals surface area contributed by atoms with Crippen LogP contribution in [0, 0.1) is 0 Å². The lowest BCUT2D eigenvalue weighted by atomic mass is 10.0. The highest BCUT2D eigenvalue weighted by Crippen LogP contribution is 2.23. The molecule has 0 aliphatic carbocycles. The average Bonchev–Trinajstić information content (AvgIpc) is 2.53. The smallest absolute Gasteiger partial charge is 0.243 e. The number of nitrogens with two attached hydrogens (primary N) is 1. The van der Waals surface area contributed by atoms with Gasteiger partial charge in [0.05, 0.1) is 11.4 Å². The van der Waals surface area contributed by atoms with Gasteiger partial charge in [-0.3, -0.25) is 4.79 Å². The van der Waals surface area contributed by atoms with Gasteiger partial charge < -0.3 is 10.6 Å². The fourth-order valence-electron chi connectivity index (χ4n) is 2.27. The molecule has 7 heteroatoms. The highest BCUT2D eigenvalue weighted by molar-refractivity contribution is 7.89. The van der Waals surface area contributed by atoms with E-state index >= 15 is 0 Å². The minimum Gasteiger partial charge on any atom is -0.376 e. The van der Waals surface area contributed by atoms with Gasteiger partial charge in [-0.25, -0.2) is 13.6 Å². The van der Waals surface area contributed by atoms with Crippen LogP contribution in [0.5, 0.6) is 0 Å². The zero-order valence-electron chi connectivity index (χ0n) is 13.6. The number of hydrogen-bond acceptors (Lipinski definition) is 4. The van der Waals surface area contributed by atoms with Crippen LogP contribution in [0.2, 0.25) is 0 Å². The maximum Gasteiger partial charge on any atom is 0.243 e. The van der Waals surface area contributed by atoms with Gasteiger partial charge in [0.25, 0.3) is 0 Å².